The number of carbonyl (C=O) groups excluding carboxylic acids is 2. The number of H-pyrrole nitrogens is 1. The molecule has 5 heterocycles. The number of nitrogens with zero attached hydrogens (tertiary/aromatic N) is 2. The molecule has 4 aliphatic heterocycles. The van der Waals surface area contributed by atoms with E-state index in [9.17, 15) is 24.6 Å². The molecule has 12 nitrogen and oxygen atoms in total. The van der Waals surface area contributed by atoms with E-state index in [1.54, 1.807) is 12.1 Å². The zero-order chi connectivity index (χ0) is 40.0. The van der Waals surface area contributed by atoms with Gasteiger partial charge in [-0.25, -0.2) is 4.79 Å². The van der Waals surface area contributed by atoms with E-state index in [4.69, 9.17) is 9.47 Å². The first-order valence-corrected chi connectivity index (χ1v) is 20.4. The van der Waals surface area contributed by atoms with Crippen LogP contribution >= 0.6 is 0 Å². The number of phenolic OH excluding ortho intramolecular Hbond substituents is 1. The molecule has 0 aliphatic carbocycles. The summed E-state index contributed by atoms with van der Waals surface area (Å²) in [6.45, 7) is 5.52. The molecule has 3 atom stereocenters. The van der Waals surface area contributed by atoms with E-state index in [0.29, 0.717) is 65.8 Å². The first-order valence-electron chi connectivity index (χ1n) is 20.4. The molecule has 12 heteroatoms. The maximum Gasteiger partial charge on any atom is 0.408 e. The summed E-state index contributed by atoms with van der Waals surface area (Å²) in [7, 11) is 0. The van der Waals surface area contributed by atoms with Gasteiger partial charge in [0.15, 0.2) is 0 Å². The number of pyridine rings is 1. The highest BCUT2D eigenvalue weighted by Gasteiger charge is 2.37. The quantitative estimate of drug-likeness (QED) is 0.0982. The number of hydrogen-bond acceptors (Lipinski definition) is 9. The SMILES string of the molecule is O=C(NC(c1ccccc1)c1cccc(OCc2cccc(C(=O)N3CCC(CNC[C@H](O)c4ccc(O)c5[nH]c(=O)ccc45)CC3)c2)c1)O[C@H]1CN2CCC1CC2. The van der Waals surface area contributed by atoms with E-state index in [-0.39, 0.29) is 29.9 Å². The summed E-state index contributed by atoms with van der Waals surface area (Å²) in [5, 5.41) is 28.2. The molecule has 5 aromatic rings. The van der Waals surface area contributed by atoms with Crippen LogP contribution in [0.25, 0.3) is 10.9 Å². The van der Waals surface area contributed by atoms with Crippen LogP contribution in [0.15, 0.2) is 108 Å². The summed E-state index contributed by atoms with van der Waals surface area (Å²) < 4.78 is 12.3. The van der Waals surface area contributed by atoms with Crippen molar-refractivity contribution in [1.82, 2.24) is 25.4 Å². The predicted molar refractivity (Wildman–Crippen MR) is 221 cm³/mol. The van der Waals surface area contributed by atoms with E-state index in [2.05, 4.69) is 20.5 Å². The van der Waals surface area contributed by atoms with E-state index >= 15 is 0 Å². The normalized spacial score (nSPS) is 20.4. The van der Waals surface area contributed by atoms with Crippen molar-refractivity contribution in [1.29, 1.82) is 0 Å². The molecule has 302 valence electrons. The second-order valence-electron chi connectivity index (χ2n) is 15.8. The van der Waals surface area contributed by atoms with Gasteiger partial charge in [-0.05, 0) is 116 Å². The molecular weight excluding hydrogens is 735 g/mol. The first kappa shape index (κ1) is 39.2. The topological polar surface area (TPSA) is 156 Å². The average molecular weight is 786 g/mol. The number of phenols is 1. The highest BCUT2D eigenvalue weighted by Crippen LogP contribution is 2.32. The Bertz CT molecular complexity index is 2270. The second-order valence-corrected chi connectivity index (χ2v) is 15.8. The Kier molecular flexibility index (Phi) is 12.0. The van der Waals surface area contributed by atoms with Crippen LogP contribution in [0.1, 0.15) is 70.4 Å². The number of aromatic hydroxyl groups is 1. The van der Waals surface area contributed by atoms with Crippen LogP contribution in [0.4, 0.5) is 4.79 Å². The van der Waals surface area contributed by atoms with Gasteiger partial charge in [-0.15, -0.1) is 0 Å². The molecule has 0 radical (unpaired) electrons. The molecule has 4 fully saturated rings. The molecular formula is C46H51N5O7. The van der Waals surface area contributed by atoms with Crippen LogP contribution in [-0.4, -0.2) is 88.9 Å². The number of carbonyl (C=O) groups is 2. The Hall–Kier alpha value is -5.69. The van der Waals surface area contributed by atoms with Gasteiger partial charge in [0.1, 0.15) is 24.2 Å². The Morgan fingerprint density at radius 2 is 1.62 bits per heavy atom. The van der Waals surface area contributed by atoms with Crippen LogP contribution in [-0.2, 0) is 11.3 Å². The smallest absolute Gasteiger partial charge is 0.408 e. The molecule has 0 saturated carbocycles. The number of aliphatic hydroxyl groups is 1. The second kappa shape index (κ2) is 17.8. The maximum atomic E-state index is 13.6. The van der Waals surface area contributed by atoms with Crippen LogP contribution in [0.5, 0.6) is 11.5 Å². The number of alkyl carbamates (subject to hydrolysis) is 1. The van der Waals surface area contributed by atoms with Crippen molar-refractivity contribution < 1.29 is 29.3 Å². The van der Waals surface area contributed by atoms with Gasteiger partial charge in [-0.3, -0.25) is 14.5 Å². The molecule has 58 heavy (non-hydrogen) atoms. The lowest BCUT2D eigenvalue weighted by Gasteiger charge is -2.43. The third kappa shape index (κ3) is 9.20. The predicted octanol–water partition coefficient (Wildman–Crippen LogP) is 5.90. The van der Waals surface area contributed by atoms with Crippen LogP contribution in [0.2, 0.25) is 0 Å². The number of likely N-dealkylation sites (tertiary alicyclic amines) is 1. The minimum atomic E-state index is -0.825. The molecule has 4 saturated heterocycles. The monoisotopic (exact) mass is 785 g/mol. The standard InChI is InChI=1S/C46H51N5O7/c52-39-14-12-37(38-13-15-42(54)48-44(38)39)40(53)27-47-26-30-16-22-51(23-17-30)45(55)35-10-4-6-31(24-35)29-57-36-11-5-9-34(25-36)43(33-7-2-1-3-8-33)49-46(56)58-41-28-50-20-18-32(41)19-21-50/h1-15,24-25,30,32,40-41,43,47,52-53H,16-23,26-29H2,(H,48,54)(H,49,56)/t40-,41-,43?/m0/s1. The number of fused-ring (bicyclic) bond motifs is 4. The van der Waals surface area contributed by atoms with Crippen molar-refractivity contribution >= 4 is 22.9 Å². The minimum Gasteiger partial charge on any atom is -0.506 e. The lowest BCUT2D eigenvalue weighted by molar-refractivity contribution is -0.0336. The molecule has 9 rings (SSSR count). The van der Waals surface area contributed by atoms with Gasteiger partial charge in [0, 0.05) is 43.2 Å². The zero-order valence-electron chi connectivity index (χ0n) is 32.5. The molecule has 5 N–H and O–H groups in total. The Morgan fingerprint density at radius 1 is 0.845 bits per heavy atom. The zero-order valence-corrected chi connectivity index (χ0v) is 32.5. The number of rotatable bonds is 13. The van der Waals surface area contributed by atoms with Crippen molar-refractivity contribution in [3.05, 3.63) is 141 Å². The van der Waals surface area contributed by atoms with Gasteiger partial charge in [-0.2, -0.15) is 0 Å². The van der Waals surface area contributed by atoms with Crippen LogP contribution in [0, 0.1) is 11.8 Å². The van der Waals surface area contributed by atoms with Gasteiger partial charge in [0.25, 0.3) is 5.91 Å². The van der Waals surface area contributed by atoms with Crippen molar-refractivity contribution in [2.24, 2.45) is 11.8 Å². The Balaban J connectivity index is 0.828. The summed E-state index contributed by atoms with van der Waals surface area (Å²) in [6.07, 6.45) is 2.48. The van der Waals surface area contributed by atoms with Gasteiger partial charge in [-0.1, -0.05) is 60.7 Å². The highest BCUT2D eigenvalue weighted by atomic mass is 16.6. The van der Waals surface area contributed by atoms with E-state index in [1.165, 1.54) is 12.1 Å². The van der Waals surface area contributed by atoms with Crippen molar-refractivity contribution in [2.45, 2.75) is 50.5 Å². The van der Waals surface area contributed by atoms with Gasteiger partial charge in [0.05, 0.1) is 17.7 Å². The van der Waals surface area contributed by atoms with E-state index in [1.807, 2.05) is 83.8 Å². The van der Waals surface area contributed by atoms with E-state index < -0.39 is 18.2 Å². The third-order valence-electron chi connectivity index (χ3n) is 12.0. The first-order chi connectivity index (χ1) is 28.3. The summed E-state index contributed by atoms with van der Waals surface area (Å²) in [4.78, 5) is 45.5. The maximum absolute atomic E-state index is 13.6. The average Bonchev–Trinajstić information content (AvgIpc) is 3.26. The Labute approximate surface area is 337 Å². The molecule has 1 unspecified atom stereocenters. The van der Waals surface area contributed by atoms with Crippen LogP contribution < -0.4 is 20.9 Å². The number of aromatic amines is 1. The fourth-order valence-corrected chi connectivity index (χ4v) is 8.69. The summed E-state index contributed by atoms with van der Waals surface area (Å²) in [6, 6.07) is 30.9. The minimum absolute atomic E-state index is 0.00941. The number of benzene rings is 4. The number of ether oxygens (including phenoxy) is 2. The van der Waals surface area contributed by atoms with E-state index in [0.717, 1.165) is 62.0 Å². The van der Waals surface area contributed by atoms with Gasteiger partial charge in [0.2, 0.25) is 5.56 Å². The largest absolute Gasteiger partial charge is 0.506 e. The summed E-state index contributed by atoms with van der Waals surface area (Å²) >= 11 is 0. The van der Waals surface area contributed by atoms with Gasteiger partial charge < -0.3 is 40.2 Å². The molecule has 4 aromatic carbocycles. The highest BCUT2D eigenvalue weighted by molar-refractivity contribution is 5.94. The molecule has 0 spiro atoms. The van der Waals surface area contributed by atoms with Crippen molar-refractivity contribution in [3.8, 4) is 11.5 Å². The lowest BCUT2D eigenvalue weighted by atomic mass is 9.86. The summed E-state index contributed by atoms with van der Waals surface area (Å²) in [5.41, 5.74) is 3.92. The van der Waals surface area contributed by atoms with Crippen LogP contribution in [0.3, 0.4) is 0 Å². The van der Waals surface area contributed by atoms with Crippen molar-refractivity contribution in [3.63, 3.8) is 0 Å². The van der Waals surface area contributed by atoms with Gasteiger partial charge >= 0.3 is 6.09 Å². The fraction of sp³-hybridized carbons (Fsp3) is 0.370. The number of piperidine rings is 4. The number of aromatic nitrogens is 1. The molecule has 1 aromatic heterocycles. The number of aliphatic hydroxyl groups excluding tert-OH is 1. The fourth-order valence-electron chi connectivity index (χ4n) is 8.69. The lowest BCUT2D eigenvalue weighted by Crippen LogP contribution is -2.52. The molecule has 4 aliphatic rings. The number of amides is 2. The molecule has 2 bridgehead atoms. The Morgan fingerprint density at radius 3 is 2.40 bits per heavy atom. The number of nitrogens with one attached hydrogen (secondary N) is 3. The number of hydrogen-bond donors (Lipinski definition) is 5. The van der Waals surface area contributed by atoms with Crippen molar-refractivity contribution in [2.75, 3.05) is 45.8 Å². The summed E-state index contributed by atoms with van der Waals surface area (Å²) in [5.74, 6) is 1.37. The third-order valence-corrected chi connectivity index (χ3v) is 12.0. The molecule has 2 amide bonds.